The molecule has 0 saturated carbocycles. The molecule has 0 aliphatic carbocycles. The first-order valence-electron chi connectivity index (χ1n) is 8.96. The summed E-state index contributed by atoms with van der Waals surface area (Å²) < 4.78 is 15.8. The van der Waals surface area contributed by atoms with Crippen molar-refractivity contribution in [3.63, 3.8) is 0 Å². The van der Waals surface area contributed by atoms with E-state index < -0.39 is 0 Å². The Morgan fingerprint density at radius 3 is 2.54 bits per heavy atom. The fraction of sp³-hybridized carbons (Fsp3) is 0.273. The third-order valence-electron chi connectivity index (χ3n) is 4.45. The average molecular weight is 380 g/mol. The quantitative estimate of drug-likeness (QED) is 0.576. The van der Waals surface area contributed by atoms with Gasteiger partial charge in [-0.05, 0) is 55.9 Å². The lowest BCUT2D eigenvalue weighted by Crippen LogP contribution is -2.18. The van der Waals surface area contributed by atoms with Gasteiger partial charge in [0.2, 0.25) is 5.89 Å². The van der Waals surface area contributed by atoms with E-state index >= 15 is 0 Å². The van der Waals surface area contributed by atoms with E-state index in [0.717, 1.165) is 29.3 Å². The molecule has 0 fully saturated rings. The molecular formula is C22H24N2O4. The molecule has 0 radical (unpaired) electrons. The lowest BCUT2D eigenvalue weighted by molar-refractivity contribution is 0.0600. The summed E-state index contributed by atoms with van der Waals surface area (Å²) in [6.07, 6.45) is 0. The molecule has 2 aromatic carbocycles. The van der Waals surface area contributed by atoms with Crippen molar-refractivity contribution in [2.45, 2.75) is 20.0 Å². The average Bonchev–Trinajstić information content (AvgIpc) is 3.07. The highest BCUT2D eigenvalue weighted by molar-refractivity contribution is 5.89. The van der Waals surface area contributed by atoms with Crippen molar-refractivity contribution in [3.05, 3.63) is 71.1 Å². The Hall–Kier alpha value is -3.12. The number of carbonyl (C=O) groups excluding carboxylic acids is 1. The predicted molar refractivity (Wildman–Crippen MR) is 106 cm³/mol. The van der Waals surface area contributed by atoms with Gasteiger partial charge >= 0.3 is 5.97 Å². The molecule has 3 rings (SSSR count). The SMILES string of the molecule is COC(=O)c1ccc(-c2nc(CN(C)Cc3cccc(OC)c3)c(C)o2)cc1. The summed E-state index contributed by atoms with van der Waals surface area (Å²) in [7, 11) is 5.07. The molecule has 6 nitrogen and oxygen atoms in total. The molecular weight excluding hydrogens is 356 g/mol. The van der Waals surface area contributed by atoms with Crippen molar-refractivity contribution in [2.75, 3.05) is 21.3 Å². The smallest absolute Gasteiger partial charge is 0.337 e. The van der Waals surface area contributed by atoms with Gasteiger partial charge in [0.15, 0.2) is 0 Å². The second kappa shape index (κ2) is 8.71. The van der Waals surface area contributed by atoms with E-state index in [2.05, 4.69) is 16.0 Å². The zero-order valence-electron chi connectivity index (χ0n) is 16.6. The minimum absolute atomic E-state index is 0.366. The van der Waals surface area contributed by atoms with Gasteiger partial charge in [-0.2, -0.15) is 0 Å². The number of benzene rings is 2. The second-order valence-corrected chi connectivity index (χ2v) is 6.61. The highest BCUT2D eigenvalue weighted by Crippen LogP contribution is 2.23. The normalized spacial score (nSPS) is 10.9. The summed E-state index contributed by atoms with van der Waals surface area (Å²) in [6, 6.07) is 15.0. The molecule has 1 aromatic heterocycles. The minimum atomic E-state index is -0.366. The zero-order chi connectivity index (χ0) is 20.1. The van der Waals surface area contributed by atoms with Gasteiger partial charge in [0, 0.05) is 18.7 Å². The Morgan fingerprint density at radius 1 is 1.11 bits per heavy atom. The van der Waals surface area contributed by atoms with E-state index in [-0.39, 0.29) is 5.97 Å². The van der Waals surface area contributed by atoms with Crippen LogP contribution >= 0.6 is 0 Å². The van der Waals surface area contributed by atoms with Crippen LogP contribution in [0.4, 0.5) is 0 Å². The number of nitrogens with zero attached hydrogens (tertiary/aromatic N) is 2. The van der Waals surface area contributed by atoms with Crippen LogP contribution in [0.25, 0.3) is 11.5 Å². The highest BCUT2D eigenvalue weighted by atomic mass is 16.5. The zero-order valence-corrected chi connectivity index (χ0v) is 16.6. The Bertz CT molecular complexity index is 947. The Balaban J connectivity index is 1.70. The van der Waals surface area contributed by atoms with Gasteiger partial charge in [-0.1, -0.05) is 12.1 Å². The summed E-state index contributed by atoms with van der Waals surface area (Å²) in [5, 5.41) is 0. The molecule has 0 atom stereocenters. The van der Waals surface area contributed by atoms with E-state index in [1.807, 2.05) is 32.2 Å². The summed E-state index contributed by atoms with van der Waals surface area (Å²) in [5.41, 5.74) is 3.37. The predicted octanol–water partition coefficient (Wildman–Crippen LogP) is 4.08. The topological polar surface area (TPSA) is 64.8 Å². The van der Waals surface area contributed by atoms with Gasteiger partial charge < -0.3 is 13.9 Å². The van der Waals surface area contributed by atoms with Crippen LogP contribution in [0.15, 0.2) is 52.9 Å². The molecule has 1 heterocycles. The van der Waals surface area contributed by atoms with Gasteiger partial charge in [-0.3, -0.25) is 4.90 Å². The minimum Gasteiger partial charge on any atom is -0.497 e. The first kappa shape index (κ1) is 19.6. The van der Waals surface area contributed by atoms with Crippen LogP contribution in [0.2, 0.25) is 0 Å². The Morgan fingerprint density at radius 2 is 1.86 bits per heavy atom. The summed E-state index contributed by atoms with van der Waals surface area (Å²) >= 11 is 0. The van der Waals surface area contributed by atoms with E-state index in [0.29, 0.717) is 18.0 Å². The molecule has 0 aliphatic rings. The molecule has 0 aliphatic heterocycles. The number of aromatic nitrogens is 1. The molecule has 28 heavy (non-hydrogen) atoms. The fourth-order valence-corrected chi connectivity index (χ4v) is 2.96. The van der Waals surface area contributed by atoms with E-state index in [1.165, 1.54) is 12.7 Å². The van der Waals surface area contributed by atoms with Crippen LogP contribution in [0.3, 0.4) is 0 Å². The molecule has 3 aromatic rings. The number of esters is 1. The number of carbonyl (C=O) groups is 1. The molecule has 146 valence electrons. The molecule has 0 unspecified atom stereocenters. The van der Waals surface area contributed by atoms with Gasteiger partial charge in [0.05, 0.1) is 25.5 Å². The molecule has 0 N–H and O–H groups in total. The molecule has 0 spiro atoms. The Labute approximate surface area is 164 Å². The standard InChI is InChI=1S/C22H24N2O4/c1-15-20(14-24(2)13-16-6-5-7-19(12-16)26-3)23-21(28-15)17-8-10-18(11-9-17)22(25)27-4/h5-12H,13-14H2,1-4H3. The lowest BCUT2D eigenvalue weighted by Gasteiger charge is -2.16. The van der Waals surface area contributed by atoms with Gasteiger partial charge in [0.25, 0.3) is 0 Å². The Kier molecular flexibility index (Phi) is 6.11. The first-order chi connectivity index (χ1) is 13.5. The van der Waals surface area contributed by atoms with Crippen molar-refractivity contribution in [1.82, 2.24) is 9.88 Å². The number of ether oxygens (including phenoxy) is 2. The monoisotopic (exact) mass is 380 g/mol. The van der Waals surface area contributed by atoms with Gasteiger partial charge in [-0.15, -0.1) is 0 Å². The fourth-order valence-electron chi connectivity index (χ4n) is 2.96. The summed E-state index contributed by atoms with van der Waals surface area (Å²) in [5.74, 6) is 1.81. The first-order valence-corrected chi connectivity index (χ1v) is 8.96. The van der Waals surface area contributed by atoms with Crippen molar-refractivity contribution in [2.24, 2.45) is 0 Å². The van der Waals surface area contributed by atoms with Crippen LogP contribution in [0.1, 0.15) is 27.4 Å². The third-order valence-corrected chi connectivity index (χ3v) is 4.45. The van der Waals surface area contributed by atoms with E-state index in [9.17, 15) is 4.79 Å². The lowest BCUT2D eigenvalue weighted by atomic mass is 10.1. The number of methoxy groups -OCH3 is 2. The van der Waals surface area contributed by atoms with Crippen LogP contribution in [0, 0.1) is 6.92 Å². The number of oxazole rings is 1. The van der Waals surface area contributed by atoms with E-state index in [1.54, 1.807) is 31.4 Å². The van der Waals surface area contributed by atoms with Gasteiger partial charge in [0.1, 0.15) is 11.5 Å². The molecule has 0 saturated heterocycles. The number of aryl methyl sites for hydroxylation is 1. The van der Waals surface area contributed by atoms with E-state index in [4.69, 9.17) is 13.9 Å². The number of hydrogen-bond donors (Lipinski definition) is 0. The number of hydrogen-bond acceptors (Lipinski definition) is 6. The van der Waals surface area contributed by atoms with Crippen molar-refractivity contribution < 1.29 is 18.7 Å². The highest BCUT2D eigenvalue weighted by Gasteiger charge is 2.14. The van der Waals surface area contributed by atoms with Crippen LogP contribution in [0.5, 0.6) is 5.75 Å². The molecule has 6 heteroatoms. The second-order valence-electron chi connectivity index (χ2n) is 6.61. The maximum Gasteiger partial charge on any atom is 0.337 e. The largest absolute Gasteiger partial charge is 0.497 e. The molecule has 0 amide bonds. The van der Waals surface area contributed by atoms with Gasteiger partial charge in [-0.25, -0.2) is 9.78 Å². The summed E-state index contributed by atoms with van der Waals surface area (Å²) in [6.45, 7) is 3.34. The maximum atomic E-state index is 11.6. The van der Waals surface area contributed by atoms with Crippen LogP contribution in [-0.4, -0.2) is 37.1 Å². The number of rotatable bonds is 7. The van der Waals surface area contributed by atoms with Crippen LogP contribution in [-0.2, 0) is 17.8 Å². The maximum absolute atomic E-state index is 11.6. The molecule has 0 bridgehead atoms. The van der Waals surface area contributed by atoms with Crippen LogP contribution < -0.4 is 4.74 Å². The summed E-state index contributed by atoms with van der Waals surface area (Å²) in [4.78, 5) is 18.4. The van der Waals surface area contributed by atoms with Crippen molar-refractivity contribution in [3.8, 4) is 17.2 Å². The third kappa shape index (κ3) is 4.58. The van der Waals surface area contributed by atoms with Crippen molar-refractivity contribution in [1.29, 1.82) is 0 Å². The van der Waals surface area contributed by atoms with Crippen molar-refractivity contribution >= 4 is 5.97 Å².